The molecule has 3 N–H and O–H groups in total. The fraction of sp³-hybridized carbons (Fsp3) is 0.200. The Labute approximate surface area is 123 Å². The normalized spacial score (nSPS) is 12.5. The maximum Gasteiger partial charge on any atom is 0.0730 e. The Bertz CT molecular complexity index is 576. The van der Waals surface area contributed by atoms with Crippen LogP contribution in [0.2, 0.25) is 10.0 Å². The van der Waals surface area contributed by atoms with Gasteiger partial charge in [-0.1, -0.05) is 53.5 Å². The van der Waals surface area contributed by atoms with Crippen molar-refractivity contribution in [2.75, 3.05) is 0 Å². The van der Waals surface area contributed by atoms with Crippen LogP contribution in [0.15, 0.2) is 36.4 Å². The highest BCUT2D eigenvalue weighted by atomic mass is 35.5. The lowest BCUT2D eigenvalue weighted by molar-refractivity contribution is 0.630. The van der Waals surface area contributed by atoms with Gasteiger partial charge in [-0.3, -0.25) is 5.84 Å². The summed E-state index contributed by atoms with van der Waals surface area (Å²) < 4.78 is 0. The highest BCUT2D eigenvalue weighted by Crippen LogP contribution is 2.35. The molecule has 0 bridgehead atoms. The number of nitrogens with two attached hydrogens (primary N) is 1. The first-order chi connectivity index (χ1) is 9.06. The van der Waals surface area contributed by atoms with Crippen LogP contribution in [0.5, 0.6) is 0 Å². The molecule has 0 amide bonds. The smallest absolute Gasteiger partial charge is 0.0730 e. The summed E-state index contributed by atoms with van der Waals surface area (Å²) >= 11 is 12.4. The van der Waals surface area contributed by atoms with E-state index >= 15 is 0 Å². The standard InChI is InChI=1S/C15H16Cl2N2/c1-9-5-3-6-10(2)13(9)15(19-18)11-7-4-8-12(16)14(11)17/h3-8,15,19H,18H2,1-2H3. The molecule has 0 aliphatic carbocycles. The Morgan fingerprint density at radius 2 is 1.58 bits per heavy atom. The lowest BCUT2D eigenvalue weighted by Gasteiger charge is -2.22. The first kappa shape index (κ1) is 14.4. The third-order valence-electron chi connectivity index (χ3n) is 3.29. The maximum absolute atomic E-state index is 6.29. The molecule has 4 heteroatoms. The molecule has 0 spiro atoms. The molecule has 0 saturated heterocycles. The van der Waals surface area contributed by atoms with Crippen LogP contribution in [-0.4, -0.2) is 0 Å². The number of hydrogen-bond acceptors (Lipinski definition) is 2. The quantitative estimate of drug-likeness (QED) is 0.659. The third-order valence-corrected chi connectivity index (χ3v) is 4.12. The van der Waals surface area contributed by atoms with E-state index in [1.807, 2.05) is 18.2 Å². The van der Waals surface area contributed by atoms with Gasteiger partial charge in [0.15, 0.2) is 0 Å². The molecule has 19 heavy (non-hydrogen) atoms. The van der Waals surface area contributed by atoms with E-state index in [9.17, 15) is 0 Å². The van der Waals surface area contributed by atoms with Crippen LogP contribution in [0, 0.1) is 13.8 Å². The van der Waals surface area contributed by atoms with Crippen LogP contribution in [0.25, 0.3) is 0 Å². The van der Waals surface area contributed by atoms with Crippen molar-refractivity contribution in [3.8, 4) is 0 Å². The molecule has 2 aromatic rings. The molecule has 0 aromatic heterocycles. The van der Waals surface area contributed by atoms with Gasteiger partial charge in [0.1, 0.15) is 0 Å². The van der Waals surface area contributed by atoms with Crippen LogP contribution in [-0.2, 0) is 0 Å². The first-order valence-corrected chi connectivity index (χ1v) is 6.78. The molecule has 0 aliphatic heterocycles. The minimum absolute atomic E-state index is 0.174. The Morgan fingerprint density at radius 1 is 1.00 bits per heavy atom. The van der Waals surface area contributed by atoms with E-state index in [-0.39, 0.29) is 6.04 Å². The highest BCUT2D eigenvalue weighted by Gasteiger charge is 2.20. The van der Waals surface area contributed by atoms with Crippen LogP contribution >= 0.6 is 23.2 Å². The number of hydrazine groups is 1. The summed E-state index contributed by atoms with van der Waals surface area (Å²) in [5.74, 6) is 5.74. The van der Waals surface area contributed by atoms with Crippen molar-refractivity contribution in [1.82, 2.24) is 5.43 Å². The van der Waals surface area contributed by atoms with Crippen molar-refractivity contribution >= 4 is 23.2 Å². The molecule has 2 rings (SSSR count). The van der Waals surface area contributed by atoms with E-state index in [0.717, 1.165) is 11.1 Å². The predicted octanol–water partition coefficient (Wildman–Crippen LogP) is 4.16. The maximum atomic E-state index is 6.29. The fourth-order valence-corrected chi connectivity index (χ4v) is 2.77. The molecule has 1 atom stereocenters. The van der Waals surface area contributed by atoms with Crippen molar-refractivity contribution in [3.63, 3.8) is 0 Å². The number of hydrogen-bond donors (Lipinski definition) is 2. The van der Waals surface area contributed by atoms with Crippen molar-refractivity contribution in [2.45, 2.75) is 19.9 Å². The van der Waals surface area contributed by atoms with Gasteiger partial charge in [-0.25, -0.2) is 5.43 Å². The van der Waals surface area contributed by atoms with Gasteiger partial charge in [0, 0.05) is 0 Å². The molecule has 0 saturated carbocycles. The molecule has 0 aliphatic rings. The minimum atomic E-state index is -0.174. The van der Waals surface area contributed by atoms with E-state index < -0.39 is 0 Å². The molecule has 1 unspecified atom stereocenters. The lowest BCUT2D eigenvalue weighted by Crippen LogP contribution is -2.30. The minimum Gasteiger partial charge on any atom is -0.271 e. The number of halogens is 2. The average molecular weight is 295 g/mol. The van der Waals surface area contributed by atoms with E-state index in [1.54, 1.807) is 6.07 Å². The summed E-state index contributed by atoms with van der Waals surface area (Å²) in [6.45, 7) is 4.12. The zero-order valence-electron chi connectivity index (χ0n) is 10.9. The zero-order chi connectivity index (χ0) is 14.0. The second-order valence-electron chi connectivity index (χ2n) is 4.55. The Hall–Kier alpha value is -1.06. The highest BCUT2D eigenvalue weighted by molar-refractivity contribution is 6.42. The predicted molar refractivity (Wildman–Crippen MR) is 81.5 cm³/mol. The number of nitrogens with one attached hydrogen (secondary N) is 1. The molecular weight excluding hydrogens is 279 g/mol. The molecular formula is C15H16Cl2N2. The molecule has 0 heterocycles. The Balaban J connectivity index is 2.60. The summed E-state index contributed by atoms with van der Waals surface area (Å²) in [6, 6.07) is 11.6. The molecule has 100 valence electrons. The number of benzene rings is 2. The van der Waals surface area contributed by atoms with Gasteiger partial charge in [-0.15, -0.1) is 0 Å². The van der Waals surface area contributed by atoms with Gasteiger partial charge in [-0.05, 0) is 42.2 Å². The molecule has 0 fully saturated rings. The second-order valence-corrected chi connectivity index (χ2v) is 5.33. The molecule has 2 aromatic carbocycles. The van der Waals surface area contributed by atoms with E-state index in [2.05, 4.69) is 31.4 Å². The number of rotatable bonds is 3. The lowest BCUT2D eigenvalue weighted by atomic mass is 9.92. The van der Waals surface area contributed by atoms with Crippen molar-refractivity contribution in [2.24, 2.45) is 5.84 Å². The van der Waals surface area contributed by atoms with E-state index in [1.165, 1.54) is 11.1 Å². The van der Waals surface area contributed by atoms with Gasteiger partial charge in [-0.2, -0.15) is 0 Å². The zero-order valence-corrected chi connectivity index (χ0v) is 12.4. The summed E-state index contributed by atoms with van der Waals surface area (Å²) in [5, 5.41) is 1.07. The van der Waals surface area contributed by atoms with Crippen molar-refractivity contribution in [3.05, 3.63) is 68.7 Å². The van der Waals surface area contributed by atoms with Crippen LogP contribution in [0.4, 0.5) is 0 Å². The second kappa shape index (κ2) is 5.93. The van der Waals surface area contributed by atoms with E-state index in [0.29, 0.717) is 10.0 Å². The van der Waals surface area contributed by atoms with Crippen LogP contribution < -0.4 is 11.3 Å². The molecule has 0 radical (unpaired) electrons. The van der Waals surface area contributed by atoms with E-state index in [4.69, 9.17) is 29.0 Å². The van der Waals surface area contributed by atoms with Gasteiger partial charge < -0.3 is 0 Å². The topological polar surface area (TPSA) is 38.0 Å². The van der Waals surface area contributed by atoms with Crippen LogP contribution in [0.1, 0.15) is 28.3 Å². The summed E-state index contributed by atoms with van der Waals surface area (Å²) in [5.41, 5.74) is 7.19. The fourth-order valence-electron chi connectivity index (χ4n) is 2.35. The number of aryl methyl sites for hydroxylation is 2. The SMILES string of the molecule is Cc1cccc(C)c1C(NN)c1cccc(Cl)c1Cl. The van der Waals surface area contributed by atoms with Gasteiger partial charge in [0.05, 0.1) is 16.1 Å². The monoisotopic (exact) mass is 294 g/mol. The van der Waals surface area contributed by atoms with Crippen LogP contribution in [0.3, 0.4) is 0 Å². The Morgan fingerprint density at radius 3 is 2.16 bits per heavy atom. The average Bonchev–Trinajstić information content (AvgIpc) is 2.38. The van der Waals surface area contributed by atoms with Gasteiger partial charge in [0.2, 0.25) is 0 Å². The summed E-state index contributed by atoms with van der Waals surface area (Å²) in [4.78, 5) is 0. The molecule has 2 nitrogen and oxygen atoms in total. The summed E-state index contributed by atoms with van der Waals surface area (Å²) in [6.07, 6.45) is 0. The van der Waals surface area contributed by atoms with Crippen molar-refractivity contribution < 1.29 is 0 Å². The third kappa shape index (κ3) is 2.77. The van der Waals surface area contributed by atoms with Gasteiger partial charge in [0.25, 0.3) is 0 Å². The largest absolute Gasteiger partial charge is 0.271 e. The summed E-state index contributed by atoms with van der Waals surface area (Å²) in [7, 11) is 0. The first-order valence-electron chi connectivity index (χ1n) is 6.02. The Kier molecular flexibility index (Phi) is 4.48. The van der Waals surface area contributed by atoms with Gasteiger partial charge >= 0.3 is 0 Å². The van der Waals surface area contributed by atoms with Crippen molar-refractivity contribution in [1.29, 1.82) is 0 Å².